The molecule has 0 spiro atoms. The van der Waals surface area contributed by atoms with Crippen LogP contribution in [0.5, 0.6) is 0 Å². The summed E-state index contributed by atoms with van der Waals surface area (Å²) in [7, 11) is 2.09. The maximum absolute atomic E-state index is 9.15. The van der Waals surface area contributed by atoms with Crippen molar-refractivity contribution in [3.63, 3.8) is 0 Å². The number of rotatable bonds is 7. The van der Waals surface area contributed by atoms with Crippen LogP contribution in [0.2, 0.25) is 0 Å². The number of hydrogen-bond acceptors (Lipinski definition) is 3. The Morgan fingerprint density at radius 3 is 2.21 bits per heavy atom. The highest BCUT2D eigenvalue weighted by atomic mass is 16.3. The summed E-state index contributed by atoms with van der Waals surface area (Å²) in [5, 5.41) is 9.15. The third-order valence-electron chi connectivity index (χ3n) is 2.72. The minimum Gasteiger partial charge on any atom is -0.393 e. The summed E-state index contributed by atoms with van der Waals surface area (Å²) in [5.74, 6) is 1.20. The average Bonchev–Trinajstić information content (AvgIpc) is 2.10. The van der Waals surface area contributed by atoms with Gasteiger partial charge in [0.1, 0.15) is 0 Å². The lowest BCUT2D eigenvalue weighted by Gasteiger charge is -2.26. The van der Waals surface area contributed by atoms with Gasteiger partial charge in [0.25, 0.3) is 0 Å². The van der Waals surface area contributed by atoms with E-state index in [0.717, 1.165) is 26.1 Å². The Balaban J connectivity index is 3.73. The van der Waals surface area contributed by atoms with Crippen LogP contribution in [-0.2, 0) is 0 Å². The van der Waals surface area contributed by atoms with Crippen LogP contribution >= 0.6 is 0 Å². The first-order valence-electron chi connectivity index (χ1n) is 5.54. The van der Waals surface area contributed by atoms with Crippen LogP contribution in [0, 0.1) is 11.8 Å². The number of aliphatic hydroxyl groups excluding tert-OH is 1. The van der Waals surface area contributed by atoms with Crippen molar-refractivity contribution in [2.24, 2.45) is 17.6 Å². The fourth-order valence-electron chi connectivity index (χ4n) is 1.46. The number of nitrogens with two attached hydrogens (primary N) is 1. The first-order chi connectivity index (χ1) is 6.47. The van der Waals surface area contributed by atoms with Gasteiger partial charge in [0.15, 0.2) is 0 Å². The van der Waals surface area contributed by atoms with E-state index in [0.29, 0.717) is 11.8 Å². The summed E-state index contributed by atoms with van der Waals surface area (Å²) in [6.07, 6.45) is 0.638. The second kappa shape index (κ2) is 7.21. The van der Waals surface area contributed by atoms with Crippen LogP contribution in [0.3, 0.4) is 0 Å². The van der Waals surface area contributed by atoms with E-state index < -0.39 is 0 Å². The van der Waals surface area contributed by atoms with Crippen molar-refractivity contribution in [2.75, 3.05) is 26.7 Å². The van der Waals surface area contributed by atoms with E-state index in [4.69, 9.17) is 10.8 Å². The van der Waals surface area contributed by atoms with Crippen molar-refractivity contribution in [2.45, 2.75) is 33.3 Å². The normalized spacial score (nSPS) is 16.3. The van der Waals surface area contributed by atoms with Gasteiger partial charge in [0.05, 0.1) is 6.10 Å². The van der Waals surface area contributed by atoms with Crippen LogP contribution in [-0.4, -0.2) is 42.8 Å². The lowest BCUT2D eigenvalue weighted by molar-refractivity contribution is 0.154. The minimum absolute atomic E-state index is 0.201. The Kier molecular flexibility index (Phi) is 7.15. The van der Waals surface area contributed by atoms with Gasteiger partial charge in [-0.3, -0.25) is 0 Å². The summed E-state index contributed by atoms with van der Waals surface area (Å²) in [6.45, 7) is 8.97. The van der Waals surface area contributed by atoms with Crippen molar-refractivity contribution in [3.05, 3.63) is 0 Å². The van der Waals surface area contributed by atoms with E-state index in [-0.39, 0.29) is 6.10 Å². The highest BCUT2D eigenvalue weighted by Gasteiger charge is 2.13. The lowest BCUT2D eigenvalue weighted by atomic mass is 9.95. The Morgan fingerprint density at radius 2 is 1.86 bits per heavy atom. The maximum Gasteiger partial charge on any atom is 0.0524 e. The second-order valence-electron chi connectivity index (χ2n) is 4.64. The molecule has 2 atom stereocenters. The molecule has 0 amide bonds. The molecule has 0 aromatic carbocycles. The molecule has 0 fully saturated rings. The molecule has 0 radical (unpaired) electrons. The Morgan fingerprint density at radius 1 is 1.29 bits per heavy atom. The van der Waals surface area contributed by atoms with Crippen LogP contribution in [0.1, 0.15) is 27.2 Å². The van der Waals surface area contributed by atoms with Gasteiger partial charge in [-0.2, -0.15) is 0 Å². The molecule has 0 rings (SSSR count). The topological polar surface area (TPSA) is 49.5 Å². The number of aliphatic hydroxyl groups is 1. The fourth-order valence-corrected chi connectivity index (χ4v) is 1.46. The Hall–Kier alpha value is -0.120. The molecule has 0 aromatic rings. The molecule has 3 heteroatoms. The number of hydrogen-bond donors (Lipinski definition) is 2. The molecular formula is C11H26N2O. The third kappa shape index (κ3) is 6.35. The highest BCUT2D eigenvalue weighted by molar-refractivity contribution is 4.68. The van der Waals surface area contributed by atoms with E-state index in [9.17, 15) is 0 Å². The molecule has 2 unspecified atom stereocenters. The molecule has 0 aliphatic rings. The van der Waals surface area contributed by atoms with Crippen molar-refractivity contribution >= 4 is 0 Å². The third-order valence-corrected chi connectivity index (χ3v) is 2.72. The van der Waals surface area contributed by atoms with Gasteiger partial charge >= 0.3 is 0 Å². The van der Waals surface area contributed by atoms with E-state index in [1.165, 1.54) is 0 Å². The molecule has 0 saturated heterocycles. The molecule has 0 saturated carbocycles. The lowest BCUT2D eigenvalue weighted by Crippen LogP contribution is -2.34. The first-order valence-corrected chi connectivity index (χ1v) is 5.54. The molecular weight excluding hydrogens is 176 g/mol. The average molecular weight is 202 g/mol. The second-order valence-corrected chi connectivity index (χ2v) is 4.64. The SMILES string of the molecule is CC(O)CCN(C)CC(CN)C(C)C. The first kappa shape index (κ1) is 13.9. The van der Waals surface area contributed by atoms with Crippen molar-refractivity contribution in [3.8, 4) is 0 Å². The van der Waals surface area contributed by atoms with E-state index in [2.05, 4.69) is 25.8 Å². The summed E-state index contributed by atoms with van der Waals surface area (Å²) in [4.78, 5) is 2.25. The van der Waals surface area contributed by atoms with Gasteiger partial charge in [-0.05, 0) is 38.8 Å². The fraction of sp³-hybridized carbons (Fsp3) is 1.00. The number of nitrogens with zero attached hydrogens (tertiary/aromatic N) is 1. The van der Waals surface area contributed by atoms with Crippen LogP contribution in [0.15, 0.2) is 0 Å². The standard InChI is InChI=1S/C11H26N2O/c1-9(2)11(7-12)8-13(4)6-5-10(3)14/h9-11,14H,5-8,12H2,1-4H3. The van der Waals surface area contributed by atoms with Crippen LogP contribution in [0.4, 0.5) is 0 Å². The van der Waals surface area contributed by atoms with Gasteiger partial charge in [0.2, 0.25) is 0 Å². The van der Waals surface area contributed by atoms with E-state index in [1.54, 1.807) is 0 Å². The highest BCUT2D eigenvalue weighted by Crippen LogP contribution is 2.10. The monoisotopic (exact) mass is 202 g/mol. The quantitative estimate of drug-likeness (QED) is 0.645. The van der Waals surface area contributed by atoms with E-state index >= 15 is 0 Å². The molecule has 0 bridgehead atoms. The van der Waals surface area contributed by atoms with Crippen molar-refractivity contribution in [1.82, 2.24) is 4.90 Å². The maximum atomic E-state index is 9.15. The molecule has 0 aliphatic heterocycles. The van der Waals surface area contributed by atoms with Gasteiger partial charge in [0, 0.05) is 13.1 Å². The molecule has 0 aromatic heterocycles. The predicted octanol–water partition coefficient (Wildman–Crippen LogP) is 0.920. The van der Waals surface area contributed by atoms with Crippen molar-refractivity contribution < 1.29 is 5.11 Å². The smallest absolute Gasteiger partial charge is 0.0524 e. The van der Waals surface area contributed by atoms with Crippen LogP contribution in [0.25, 0.3) is 0 Å². The van der Waals surface area contributed by atoms with Gasteiger partial charge < -0.3 is 15.7 Å². The summed E-state index contributed by atoms with van der Waals surface area (Å²) < 4.78 is 0. The Labute approximate surface area is 88.3 Å². The summed E-state index contributed by atoms with van der Waals surface area (Å²) in [5.41, 5.74) is 5.70. The van der Waals surface area contributed by atoms with Gasteiger partial charge in [-0.1, -0.05) is 13.8 Å². The molecule has 14 heavy (non-hydrogen) atoms. The zero-order chi connectivity index (χ0) is 11.1. The van der Waals surface area contributed by atoms with E-state index in [1.807, 2.05) is 6.92 Å². The molecule has 86 valence electrons. The molecule has 3 nitrogen and oxygen atoms in total. The molecule has 0 aliphatic carbocycles. The largest absolute Gasteiger partial charge is 0.393 e. The van der Waals surface area contributed by atoms with Gasteiger partial charge in [-0.25, -0.2) is 0 Å². The minimum atomic E-state index is -0.201. The predicted molar refractivity (Wildman–Crippen MR) is 61.2 cm³/mol. The van der Waals surface area contributed by atoms with Crippen molar-refractivity contribution in [1.29, 1.82) is 0 Å². The zero-order valence-electron chi connectivity index (χ0n) is 10.0. The summed E-state index contributed by atoms with van der Waals surface area (Å²) in [6, 6.07) is 0. The molecule has 0 heterocycles. The zero-order valence-corrected chi connectivity index (χ0v) is 10.0. The molecule has 3 N–H and O–H groups in total. The summed E-state index contributed by atoms with van der Waals surface area (Å²) >= 11 is 0. The van der Waals surface area contributed by atoms with Gasteiger partial charge in [-0.15, -0.1) is 0 Å². The Bertz CT molecular complexity index is 137. The van der Waals surface area contributed by atoms with Crippen LogP contribution < -0.4 is 5.73 Å².